The second kappa shape index (κ2) is 5.00. The summed E-state index contributed by atoms with van der Waals surface area (Å²) in [4.78, 5) is 5.04. The number of aromatic nitrogens is 3. The molecule has 0 saturated heterocycles. The molecule has 0 amide bonds. The van der Waals surface area contributed by atoms with Crippen molar-refractivity contribution < 1.29 is 3.89 Å². The van der Waals surface area contributed by atoms with E-state index in [1.165, 1.54) is 11.8 Å². The average molecular weight is 306 g/mol. The molecule has 15 heavy (non-hydrogen) atoms. The van der Waals surface area contributed by atoms with Crippen LogP contribution >= 0.6 is 40.0 Å². The molecule has 1 heterocycles. The zero-order valence-corrected chi connectivity index (χ0v) is 10.5. The van der Waals surface area contributed by atoms with Crippen LogP contribution in [0.15, 0.2) is 45.1 Å². The highest BCUT2D eigenvalue weighted by atomic mass is 79.9. The Balaban J connectivity index is 2.24. The van der Waals surface area contributed by atoms with Gasteiger partial charge in [-0.3, -0.25) is 0 Å². The predicted octanol–water partition coefficient (Wildman–Crippen LogP) is 3.57. The van der Waals surface area contributed by atoms with Crippen molar-refractivity contribution >= 4 is 40.0 Å². The standard InChI is InChI=1S/C8H5BrFN3S2/c9-7-11-8(13(12-7)15-10)14-6-4-2-1-3-5-6/h1-5H. The molecule has 3 nitrogen and oxygen atoms in total. The molecule has 0 aliphatic carbocycles. The van der Waals surface area contributed by atoms with Gasteiger partial charge in [-0.05, 0) is 39.8 Å². The summed E-state index contributed by atoms with van der Waals surface area (Å²) in [5.74, 6) is 0. The summed E-state index contributed by atoms with van der Waals surface area (Å²) in [7, 11) is 0. The zero-order valence-electron chi connectivity index (χ0n) is 7.30. The van der Waals surface area contributed by atoms with Crippen LogP contribution in [-0.2, 0) is 0 Å². The minimum atomic E-state index is 0.0277. The van der Waals surface area contributed by atoms with Gasteiger partial charge in [0.15, 0.2) is 12.3 Å². The van der Waals surface area contributed by atoms with E-state index in [1.807, 2.05) is 30.3 Å². The van der Waals surface area contributed by atoms with Crippen LogP contribution in [0.2, 0.25) is 0 Å². The summed E-state index contributed by atoms with van der Waals surface area (Å²) >= 11 is 4.49. The van der Waals surface area contributed by atoms with Crippen LogP contribution in [0.5, 0.6) is 0 Å². The Labute approximate surface area is 103 Å². The Kier molecular flexibility index (Phi) is 3.66. The van der Waals surface area contributed by atoms with Crippen LogP contribution in [0.25, 0.3) is 0 Å². The summed E-state index contributed by atoms with van der Waals surface area (Å²) in [5.41, 5.74) is 0. The van der Waals surface area contributed by atoms with E-state index in [4.69, 9.17) is 0 Å². The third-order valence-electron chi connectivity index (χ3n) is 1.54. The molecule has 0 atom stereocenters. The van der Waals surface area contributed by atoms with Crippen molar-refractivity contribution in [1.29, 1.82) is 0 Å². The average Bonchev–Trinajstić information content (AvgIpc) is 2.60. The lowest BCUT2D eigenvalue weighted by molar-refractivity contribution is 0.827. The number of benzene rings is 1. The Morgan fingerprint density at radius 2 is 2.00 bits per heavy atom. The molecular weight excluding hydrogens is 301 g/mol. The smallest absolute Gasteiger partial charge is 0.194 e. The molecule has 1 aromatic carbocycles. The van der Waals surface area contributed by atoms with Gasteiger partial charge in [0.25, 0.3) is 0 Å². The molecule has 0 N–H and O–H groups in total. The van der Waals surface area contributed by atoms with E-state index in [1.54, 1.807) is 0 Å². The van der Waals surface area contributed by atoms with Gasteiger partial charge < -0.3 is 0 Å². The second-order valence-corrected chi connectivity index (χ2v) is 4.75. The first kappa shape index (κ1) is 11.0. The Morgan fingerprint density at radius 3 is 2.67 bits per heavy atom. The highest BCUT2D eigenvalue weighted by Crippen LogP contribution is 2.29. The van der Waals surface area contributed by atoms with Crippen molar-refractivity contribution in [3.8, 4) is 0 Å². The van der Waals surface area contributed by atoms with Gasteiger partial charge in [0.05, 0.1) is 0 Å². The first-order valence-corrected chi connectivity index (χ1v) is 6.22. The summed E-state index contributed by atoms with van der Waals surface area (Å²) in [6.07, 6.45) is 0. The number of hydrogen-bond donors (Lipinski definition) is 0. The summed E-state index contributed by atoms with van der Waals surface area (Å²) in [6, 6.07) is 9.62. The second-order valence-electron chi connectivity index (χ2n) is 2.52. The first-order valence-electron chi connectivity index (χ1n) is 3.94. The molecule has 0 saturated carbocycles. The van der Waals surface area contributed by atoms with Gasteiger partial charge in [-0.25, -0.2) is 0 Å². The third-order valence-corrected chi connectivity index (χ3v) is 3.33. The highest BCUT2D eigenvalue weighted by molar-refractivity contribution is 9.10. The maximum Gasteiger partial charge on any atom is 0.219 e. The lowest BCUT2D eigenvalue weighted by Crippen LogP contribution is -1.88. The minimum Gasteiger partial charge on any atom is -0.194 e. The van der Waals surface area contributed by atoms with Crippen LogP contribution < -0.4 is 0 Å². The molecule has 0 radical (unpaired) electrons. The minimum absolute atomic E-state index is 0.0277. The fourth-order valence-electron chi connectivity index (χ4n) is 0.963. The largest absolute Gasteiger partial charge is 0.219 e. The lowest BCUT2D eigenvalue weighted by Gasteiger charge is -1.98. The molecule has 7 heteroatoms. The van der Waals surface area contributed by atoms with E-state index in [0.717, 1.165) is 8.98 Å². The highest BCUT2D eigenvalue weighted by Gasteiger charge is 2.10. The molecule has 0 aliphatic heterocycles. The van der Waals surface area contributed by atoms with Crippen molar-refractivity contribution in [3.63, 3.8) is 0 Å². The van der Waals surface area contributed by atoms with Crippen LogP contribution in [-0.4, -0.2) is 14.2 Å². The summed E-state index contributed by atoms with van der Waals surface area (Å²) in [6.45, 7) is 0. The van der Waals surface area contributed by atoms with E-state index in [9.17, 15) is 3.89 Å². The van der Waals surface area contributed by atoms with Gasteiger partial charge in [0.1, 0.15) is 0 Å². The van der Waals surface area contributed by atoms with E-state index in [2.05, 4.69) is 26.0 Å². The van der Waals surface area contributed by atoms with Crippen LogP contribution in [0.3, 0.4) is 0 Å². The Bertz CT molecular complexity index is 448. The molecule has 0 aliphatic rings. The van der Waals surface area contributed by atoms with Gasteiger partial charge in [0, 0.05) is 4.90 Å². The number of hydrogen-bond acceptors (Lipinski definition) is 4. The van der Waals surface area contributed by atoms with Gasteiger partial charge in [0.2, 0.25) is 9.89 Å². The normalized spacial score (nSPS) is 10.5. The van der Waals surface area contributed by atoms with E-state index >= 15 is 0 Å². The van der Waals surface area contributed by atoms with E-state index in [-0.39, 0.29) is 12.3 Å². The van der Waals surface area contributed by atoms with Crippen LogP contribution in [0.4, 0.5) is 3.89 Å². The fourth-order valence-corrected chi connectivity index (χ4v) is 2.67. The molecule has 78 valence electrons. The molecular formula is C8H5BrFN3S2. The Morgan fingerprint density at radius 1 is 1.27 bits per heavy atom. The molecule has 0 unspecified atom stereocenters. The predicted molar refractivity (Wildman–Crippen MR) is 62.4 cm³/mol. The lowest BCUT2D eigenvalue weighted by atomic mass is 10.4. The first-order chi connectivity index (χ1) is 7.29. The Hall–Kier alpha value is -0.530. The van der Waals surface area contributed by atoms with E-state index in [0.29, 0.717) is 9.89 Å². The molecule has 1 aromatic heterocycles. The molecule has 0 bridgehead atoms. The third kappa shape index (κ3) is 2.73. The summed E-state index contributed by atoms with van der Waals surface area (Å²) in [5, 5.41) is 4.32. The number of nitrogens with zero attached hydrogens (tertiary/aromatic N) is 3. The van der Waals surface area contributed by atoms with Crippen molar-refractivity contribution in [2.24, 2.45) is 0 Å². The number of rotatable bonds is 3. The molecule has 0 fully saturated rings. The van der Waals surface area contributed by atoms with Gasteiger partial charge in [-0.1, -0.05) is 18.2 Å². The van der Waals surface area contributed by atoms with Crippen molar-refractivity contribution in [2.45, 2.75) is 10.1 Å². The topological polar surface area (TPSA) is 30.7 Å². The SMILES string of the molecule is FSn1nc(Br)nc1Sc1ccccc1. The van der Waals surface area contributed by atoms with Gasteiger partial charge >= 0.3 is 0 Å². The van der Waals surface area contributed by atoms with Crippen molar-refractivity contribution in [1.82, 2.24) is 14.2 Å². The quantitative estimate of drug-likeness (QED) is 0.867. The maximum absolute atomic E-state index is 12.4. The molecule has 2 rings (SSSR count). The number of halogens is 2. The van der Waals surface area contributed by atoms with Crippen LogP contribution in [0.1, 0.15) is 0 Å². The van der Waals surface area contributed by atoms with Crippen LogP contribution in [0, 0.1) is 0 Å². The molecule has 0 spiro atoms. The fraction of sp³-hybridized carbons (Fsp3) is 0. The monoisotopic (exact) mass is 305 g/mol. The zero-order chi connectivity index (χ0) is 10.7. The summed E-state index contributed by atoms with van der Waals surface area (Å²) < 4.78 is 14.0. The van der Waals surface area contributed by atoms with Gasteiger partial charge in [-0.2, -0.15) is 4.98 Å². The maximum atomic E-state index is 12.4. The van der Waals surface area contributed by atoms with Crippen molar-refractivity contribution in [2.75, 3.05) is 0 Å². The molecule has 2 aromatic rings. The van der Waals surface area contributed by atoms with E-state index < -0.39 is 0 Å². The van der Waals surface area contributed by atoms with Gasteiger partial charge in [-0.15, -0.1) is 13.1 Å². The van der Waals surface area contributed by atoms with Crippen molar-refractivity contribution in [3.05, 3.63) is 35.1 Å².